The van der Waals surface area contributed by atoms with Crippen molar-refractivity contribution in [1.29, 1.82) is 5.26 Å². The number of esters is 1. The summed E-state index contributed by atoms with van der Waals surface area (Å²) in [5.41, 5.74) is 3.59. The van der Waals surface area contributed by atoms with Crippen molar-refractivity contribution < 1.29 is 14.3 Å². The molecule has 8 heteroatoms. The Morgan fingerprint density at radius 1 is 1.11 bits per heavy atom. The van der Waals surface area contributed by atoms with Gasteiger partial charge in [-0.05, 0) is 50.2 Å². The second-order valence-electron chi connectivity index (χ2n) is 6.02. The number of nitriles is 1. The number of nitrogens with one attached hydrogen (secondary N) is 1. The third-order valence-electron chi connectivity index (χ3n) is 4.02. The first-order valence-corrected chi connectivity index (χ1v) is 8.67. The molecule has 0 saturated carbocycles. The van der Waals surface area contributed by atoms with Crippen molar-refractivity contribution in [2.24, 2.45) is 0 Å². The van der Waals surface area contributed by atoms with Crippen molar-refractivity contribution in [1.82, 2.24) is 9.97 Å². The normalized spacial score (nSPS) is 10.4. The van der Waals surface area contributed by atoms with E-state index in [0.717, 1.165) is 11.4 Å². The van der Waals surface area contributed by atoms with Crippen molar-refractivity contribution >= 4 is 40.2 Å². The van der Waals surface area contributed by atoms with E-state index in [1.54, 1.807) is 24.3 Å². The van der Waals surface area contributed by atoms with E-state index in [1.165, 1.54) is 12.1 Å². The summed E-state index contributed by atoms with van der Waals surface area (Å²) in [5.74, 6) is -1.25. The number of hydrogen-bond acceptors (Lipinski definition) is 6. The van der Waals surface area contributed by atoms with Gasteiger partial charge in [-0.25, -0.2) is 14.8 Å². The summed E-state index contributed by atoms with van der Waals surface area (Å²) in [7, 11) is 0. The monoisotopic (exact) mass is 394 g/mol. The number of amides is 1. The van der Waals surface area contributed by atoms with Crippen LogP contribution >= 0.6 is 11.6 Å². The minimum atomic E-state index is -0.663. The minimum absolute atomic E-state index is 0.253. The molecule has 0 aliphatic carbocycles. The maximum absolute atomic E-state index is 12.3. The van der Waals surface area contributed by atoms with E-state index in [-0.39, 0.29) is 16.8 Å². The van der Waals surface area contributed by atoms with Crippen LogP contribution < -0.4 is 5.32 Å². The fraction of sp³-hybridized carbons (Fsp3) is 0.150. The van der Waals surface area contributed by atoms with Crippen LogP contribution in [0.5, 0.6) is 0 Å². The number of carbonyl (C=O) groups excluding carboxylic acids is 2. The van der Waals surface area contributed by atoms with Gasteiger partial charge in [-0.15, -0.1) is 0 Å². The highest BCUT2D eigenvalue weighted by Gasteiger charge is 2.13. The van der Waals surface area contributed by atoms with Gasteiger partial charge in [0.1, 0.15) is 6.07 Å². The van der Waals surface area contributed by atoms with E-state index in [0.29, 0.717) is 16.1 Å². The number of fused-ring (bicyclic) bond motifs is 1. The second kappa shape index (κ2) is 8.03. The molecule has 0 radical (unpaired) electrons. The SMILES string of the molecule is Cc1nc2ccc(C(=O)OCC(=O)Nc3cc(Cl)ccc3C#N)cc2nc1C. The van der Waals surface area contributed by atoms with Gasteiger partial charge in [0.15, 0.2) is 6.61 Å². The van der Waals surface area contributed by atoms with Gasteiger partial charge in [-0.1, -0.05) is 11.6 Å². The molecule has 2 aromatic carbocycles. The molecule has 1 heterocycles. The number of carbonyl (C=O) groups is 2. The molecule has 3 aromatic rings. The van der Waals surface area contributed by atoms with E-state index < -0.39 is 18.5 Å². The lowest BCUT2D eigenvalue weighted by molar-refractivity contribution is -0.119. The molecule has 1 N–H and O–H groups in total. The molecular formula is C20H15ClN4O3. The summed E-state index contributed by atoms with van der Waals surface area (Å²) in [6.07, 6.45) is 0. The maximum atomic E-state index is 12.3. The van der Waals surface area contributed by atoms with Gasteiger partial charge in [-0.3, -0.25) is 4.79 Å². The molecule has 0 unspecified atom stereocenters. The Hall–Kier alpha value is -3.50. The van der Waals surface area contributed by atoms with Crippen molar-refractivity contribution in [2.75, 3.05) is 11.9 Å². The van der Waals surface area contributed by atoms with Crippen LogP contribution in [0, 0.1) is 25.2 Å². The molecule has 1 amide bonds. The number of nitrogens with zero attached hydrogens (tertiary/aromatic N) is 3. The average molecular weight is 395 g/mol. The van der Waals surface area contributed by atoms with Crippen LogP contribution in [0.3, 0.4) is 0 Å². The first kappa shape index (κ1) is 19.3. The molecule has 0 spiro atoms. The van der Waals surface area contributed by atoms with Gasteiger partial charge in [0.25, 0.3) is 5.91 Å². The summed E-state index contributed by atoms with van der Waals surface area (Å²) < 4.78 is 5.05. The molecule has 0 bridgehead atoms. The third kappa shape index (κ3) is 4.24. The summed E-state index contributed by atoms with van der Waals surface area (Å²) in [5, 5.41) is 11.9. The number of ether oxygens (including phenoxy) is 1. The fourth-order valence-corrected chi connectivity index (χ4v) is 2.65. The van der Waals surface area contributed by atoms with Crippen molar-refractivity contribution in [3.05, 3.63) is 63.9 Å². The first-order chi connectivity index (χ1) is 13.4. The van der Waals surface area contributed by atoms with E-state index in [1.807, 2.05) is 19.9 Å². The molecule has 140 valence electrons. The van der Waals surface area contributed by atoms with Crippen LogP contribution in [0.25, 0.3) is 11.0 Å². The Balaban J connectivity index is 1.68. The Bertz CT molecular complexity index is 1140. The van der Waals surface area contributed by atoms with Crippen LogP contribution in [0.15, 0.2) is 36.4 Å². The van der Waals surface area contributed by atoms with E-state index >= 15 is 0 Å². The highest BCUT2D eigenvalue weighted by molar-refractivity contribution is 6.31. The summed E-state index contributed by atoms with van der Waals surface area (Å²) in [6, 6.07) is 11.2. The molecule has 3 rings (SSSR count). The number of halogens is 1. The zero-order valence-electron chi connectivity index (χ0n) is 15.1. The molecule has 1 aromatic heterocycles. The molecule has 28 heavy (non-hydrogen) atoms. The van der Waals surface area contributed by atoms with Gasteiger partial charge in [0.2, 0.25) is 0 Å². The molecule has 0 aliphatic heterocycles. The molecule has 0 fully saturated rings. The zero-order valence-corrected chi connectivity index (χ0v) is 15.9. The van der Waals surface area contributed by atoms with Gasteiger partial charge < -0.3 is 10.1 Å². The average Bonchev–Trinajstić information content (AvgIpc) is 2.67. The lowest BCUT2D eigenvalue weighted by Crippen LogP contribution is -2.21. The quantitative estimate of drug-likeness (QED) is 0.678. The Morgan fingerprint density at radius 3 is 2.54 bits per heavy atom. The van der Waals surface area contributed by atoms with Crippen LogP contribution in [-0.4, -0.2) is 28.5 Å². The summed E-state index contributed by atoms with van der Waals surface area (Å²) in [6.45, 7) is 3.19. The maximum Gasteiger partial charge on any atom is 0.338 e. The van der Waals surface area contributed by atoms with Crippen LogP contribution in [-0.2, 0) is 9.53 Å². The number of rotatable bonds is 4. The van der Waals surface area contributed by atoms with E-state index in [4.69, 9.17) is 21.6 Å². The Labute approximate surface area is 165 Å². The predicted molar refractivity (Wildman–Crippen MR) is 104 cm³/mol. The summed E-state index contributed by atoms with van der Waals surface area (Å²) >= 11 is 5.88. The van der Waals surface area contributed by atoms with Crippen LogP contribution in [0.2, 0.25) is 5.02 Å². The van der Waals surface area contributed by atoms with E-state index in [2.05, 4.69) is 15.3 Å². The zero-order chi connectivity index (χ0) is 20.3. The smallest absolute Gasteiger partial charge is 0.338 e. The second-order valence-corrected chi connectivity index (χ2v) is 6.46. The minimum Gasteiger partial charge on any atom is -0.452 e. The van der Waals surface area contributed by atoms with Crippen molar-refractivity contribution in [3.8, 4) is 6.07 Å². The number of anilines is 1. The largest absolute Gasteiger partial charge is 0.452 e. The number of aromatic nitrogens is 2. The Morgan fingerprint density at radius 2 is 1.82 bits per heavy atom. The van der Waals surface area contributed by atoms with Gasteiger partial charge in [-0.2, -0.15) is 5.26 Å². The third-order valence-corrected chi connectivity index (χ3v) is 4.26. The standard InChI is InChI=1S/C20H15ClN4O3/c1-11-12(2)24-18-7-13(4-6-16(18)23-11)20(27)28-10-19(26)25-17-8-15(21)5-3-14(17)9-22/h3-8H,10H2,1-2H3,(H,25,26). The molecule has 7 nitrogen and oxygen atoms in total. The summed E-state index contributed by atoms with van der Waals surface area (Å²) in [4.78, 5) is 33.1. The van der Waals surface area contributed by atoms with Crippen molar-refractivity contribution in [3.63, 3.8) is 0 Å². The van der Waals surface area contributed by atoms with Gasteiger partial charge in [0.05, 0.1) is 39.2 Å². The number of benzene rings is 2. The molecule has 0 atom stereocenters. The predicted octanol–water partition coefficient (Wildman–Crippen LogP) is 3.57. The van der Waals surface area contributed by atoms with Gasteiger partial charge >= 0.3 is 5.97 Å². The first-order valence-electron chi connectivity index (χ1n) is 8.29. The van der Waals surface area contributed by atoms with Crippen molar-refractivity contribution in [2.45, 2.75) is 13.8 Å². The van der Waals surface area contributed by atoms with Crippen LogP contribution in [0.1, 0.15) is 27.3 Å². The number of hydrogen-bond donors (Lipinski definition) is 1. The molecule has 0 saturated heterocycles. The topological polar surface area (TPSA) is 105 Å². The highest BCUT2D eigenvalue weighted by atomic mass is 35.5. The molecular weight excluding hydrogens is 380 g/mol. The lowest BCUT2D eigenvalue weighted by atomic mass is 10.2. The van der Waals surface area contributed by atoms with Crippen LogP contribution in [0.4, 0.5) is 5.69 Å². The lowest BCUT2D eigenvalue weighted by Gasteiger charge is -2.09. The molecule has 0 aliphatic rings. The van der Waals surface area contributed by atoms with Gasteiger partial charge in [0, 0.05) is 5.02 Å². The highest BCUT2D eigenvalue weighted by Crippen LogP contribution is 2.20. The van der Waals surface area contributed by atoms with E-state index in [9.17, 15) is 9.59 Å². The fourth-order valence-electron chi connectivity index (χ4n) is 2.48. The Kier molecular flexibility index (Phi) is 5.52. The number of aryl methyl sites for hydroxylation is 2.